The summed E-state index contributed by atoms with van der Waals surface area (Å²) in [4.78, 5) is 10.6. The molecule has 1 saturated heterocycles. The molecule has 7 heteroatoms. The summed E-state index contributed by atoms with van der Waals surface area (Å²) in [5.74, 6) is -0.444. The molecule has 1 aliphatic rings. The molecule has 1 rings (SSSR count). The molecule has 0 saturated carbocycles. The van der Waals surface area contributed by atoms with E-state index in [9.17, 15) is 13.2 Å². The third-order valence-electron chi connectivity index (χ3n) is 3.94. The Hall–Kier alpha value is -0.660. The van der Waals surface area contributed by atoms with E-state index in [4.69, 9.17) is 5.11 Å². The summed E-state index contributed by atoms with van der Waals surface area (Å²) >= 11 is 0. The van der Waals surface area contributed by atoms with E-state index >= 15 is 0 Å². The van der Waals surface area contributed by atoms with Crippen LogP contribution in [0, 0.1) is 5.92 Å². The van der Waals surface area contributed by atoms with Gasteiger partial charge < -0.3 is 5.11 Å². The summed E-state index contributed by atoms with van der Waals surface area (Å²) in [7, 11) is -3.35. The molecule has 0 spiro atoms. The van der Waals surface area contributed by atoms with Crippen molar-refractivity contribution in [2.75, 3.05) is 26.2 Å². The second kappa shape index (κ2) is 8.70. The van der Waals surface area contributed by atoms with Crippen molar-refractivity contribution in [1.29, 1.82) is 0 Å². The van der Waals surface area contributed by atoms with Gasteiger partial charge in [0.1, 0.15) is 0 Å². The van der Waals surface area contributed by atoms with Gasteiger partial charge in [0.25, 0.3) is 10.2 Å². The second-order valence-electron chi connectivity index (χ2n) is 5.68. The van der Waals surface area contributed by atoms with Crippen LogP contribution < -0.4 is 0 Å². The molecule has 0 aliphatic carbocycles. The average molecular weight is 320 g/mol. The van der Waals surface area contributed by atoms with Crippen molar-refractivity contribution in [3.05, 3.63) is 0 Å². The van der Waals surface area contributed by atoms with Crippen LogP contribution in [0.3, 0.4) is 0 Å². The van der Waals surface area contributed by atoms with Crippen molar-refractivity contribution in [2.45, 2.75) is 52.4 Å². The molecule has 6 nitrogen and oxygen atoms in total. The van der Waals surface area contributed by atoms with E-state index in [2.05, 4.69) is 0 Å². The molecule has 0 bridgehead atoms. The van der Waals surface area contributed by atoms with Gasteiger partial charge in [0.05, 0.1) is 0 Å². The van der Waals surface area contributed by atoms with Crippen molar-refractivity contribution >= 4 is 16.2 Å². The highest BCUT2D eigenvalue weighted by Gasteiger charge is 2.32. The van der Waals surface area contributed by atoms with E-state index in [0.29, 0.717) is 38.5 Å². The minimum Gasteiger partial charge on any atom is -0.481 e. The van der Waals surface area contributed by atoms with Gasteiger partial charge >= 0.3 is 5.97 Å². The molecule has 0 aromatic rings. The summed E-state index contributed by atoms with van der Waals surface area (Å²) in [6.07, 6.45) is 3.98. The first-order valence-corrected chi connectivity index (χ1v) is 9.28. The Morgan fingerprint density at radius 1 is 1.19 bits per heavy atom. The molecule has 0 amide bonds. The fourth-order valence-electron chi connectivity index (χ4n) is 2.76. The minimum atomic E-state index is -3.35. The molecule has 1 fully saturated rings. The molecule has 124 valence electrons. The number of hydrogen-bond acceptors (Lipinski definition) is 3. The van der Waals surface area contributed by atoms with Gasteiger partial charge in [-0.2, -0.15) is 17.0 Å². The van der Waals surface area contributed by atoms with E-state index < -0.39 is 16.2 Å². The highest BCUT2D eigenvalue weighted by molar-refractivity contribution is 7.86. The maximum Gasteiger partial charge on any atom is 0.303 e. The maximum absolute atomic E-state index is 12.6. The minimum absolute atomic E-state index is 0.176. The van der Waals surface area contributed by atoms with Gasteiger partial charge in [-0.1, -0.05) is 13.8 Å². The number of nitrogens with zero attached hydrogens (tertiary/aromatic N) is 2. The van der Waals surface area contributed by atoms with E-state index in [-0.39, 0.29) is 6.42 Å². The number of carbonyl (C=O) groups is 1. The quantitative estimate of drug-likeness (QED) is 0.704. The Morgan fingerprint density at radius 2 is 1.71 bits per heavy atom. The molecule has 1 N–H and O–H groups in total. The number of piperidine rings is 1. The lowest BCUT2D eigenvalue weighted by molar-refractivity contribution is -0.137. The summed E-state index contributed by atoms with van der Waals surface area (Å²) < 4.78 is 28.3. The predicted molar refractivity (Wildman–Crippen MR) is 82.2 cm³/mol. The monoisotopic (exact) mass is 320 g/mol. The van der Waals surface area contributed by atoms with Crippen molar-refractivity contribution in [3.63, 3.8) is 0 Å². The van der Waals surface area contributed by atoms with Crippen LogP contribution in [0.25, 0.3) is 0 Å². The lowest BCUT2D eigenvalue weighted by Gasteiger charge is -2.34. The number of rotatable bonds is 9. The maximum atomic E-state index is 12.6. The number of carboxylic acid groups (broad SMARTS) is 1. The van der Waals surface area contributed by atoms with Crippen molar-refractivity contribution in [1.82, 2.24) is 8.61 Å². The smallest absolute Gasteiger partial charge is 0.303 e. The Bertz CT molecular complexity index is 411. The van der Waals surface area contributed by atoms with Gasteiger partial charge in [-0.05, 0) is 38.0 Å². The van der Waals surface area contributed by atoms with Crippen LogP contribution >= 0.6 is 0 Å². The van der Waals surface area contributed by atoms with Gasteiger partial charge in [0, 0.05) is 32.6 Å². The number of carboxylic acids is 1. The fraction of sp³-hybridized carbons (Fsp3) is 0.929. The van der Waals surface area contributed by atoms with Crippen LogP contribution in [0.2, 0.25) is 0 Å². The van der Waals surface area contributed by atoms with Gasteiger partial charge in [-0.25, -0.2) is 0 Å². The SMILES string of the molecule is CCCN(CCC)S(=O)(=O)N1CCC(CCC(=O)O)CC1. The first-order chi connectivity index (χ1) is 9.91. The molecule has 0 aromatic heterocycles. The molecular weight excluding hydrogens is 292 g/mol. The summed E-state index contributed by atoms with van der Waals surface area (Å²) in [5, 5.41) is 8.70. The summed E-state index contributed by atoms with van der Waals surface area (Å²) in [6.45, 7) is 6.12. The topological polar surface area (TPSA) is 77.9 Å². The van der Waals surface area contributed by atoms with Crippen molar-refractivity contribution in [3.8, 4) is 0 Å². The Morgan fingerprint density at radius 3 is 2.14 bits per heavy atom. The zero-order valence-corrected chi connectivity index (χ0v) is 13.9. The Balaban J connectivity index is 2.56. The Labute approximate surface area is 128 Å². The van der Waals surface area contributed by atoms with Crippen LogP contribution in [-0.4, -0.2) is 54.3 Å². The van der Waals surface area contributed by atoms with Crippen molar-refractivity contribution < 1.29 is 18.3 Å². The summed E-state index contributed by atoms with van der Waals surface area (Å²) in [5.41, 5.74) is 0. The molecule has 21 heavy (non-hydrogen) atoms. The van der Waals surface area contributed by atoms with Gasteiger partial charge in [0.2, 0.25) is 0 Å². The third-order valence-corrected chi connectivity index (χ3v) is 5.97. The van der Waals surface area contributed by atoms with Crippen LogP contribution in [0.4, 0.5) is 0 Å². The standard InChI is InChI=1S/C14H28N2O4S/c1-3-9-15(10-4-2)21(19,20)16-11-7-13(8-12-16)5-6-14(17)18/h13H,3-12H2,1-2H3,(H,17,18). The summed E-state index contributed by atoms with van der Waals surface area (Å²) in [6, 6.07) is 0. The van der Waals surface area contributed by atoms with Crippen LogP contribution in [-0.2, 0) is 15.0 Å². The normalized spacial score (nSPS) is 18.2. The van der Waals surface area contributed by atoms with Gasteiger partial charge in [-0.15, -0.1) is 0 Å². The zero-order valence-electron chi connectivity index (χ0n) is 13.1. The van der Waals surface area contributed by atoms with Crippen LogP contribution in [0.1, 0.15) is 52.4 Å². The van der Waals surface area contributed by atoms with Gasteiger partial charge in [0.15, 0.2) is 0 Å². The average Bonchev–Trinajstić information content (AvgIpc) is 2.45. The molecule has 1 heterocycles. The molecule has 0 atom stereocenters. The van der Waals surface area contributed by atoms with Crippen LogP contribution in [0.5, 0.6) is 0 Å². The third kappa shape index (κ3) is 5.56. The van der Waals surface area contributed by atoms with E-state index in [0.717, 1.165) is 25.7 Å². The molecular formula is C14H28N2O4S. The van der Waals surface area contributed by atoms with E-state index in [1.165, 1.54) is 0 Å². The van der Waals surface area contributed by atoms with Crippen LogP contribution in [0.15, 0.2) is 0 Å². The lowest BCUT2D eigenvalue weighted by Crippen LogP contribution is -2.47. The molecule has 1 aliphatic heterocycles. The first-order valence-electron chi connectivity index (χ1n) is 7.88. The molecule has 0 aromatic carbocycles. The highest BCUT2D eigenvalue weighted by Crippen LogP contribution is 2.25. The number of aliphatic carboxylic acids is 1. The first kappa shape index (κ1) is 18.4. The Kier molecular flexibility index (Phi) is 7.62. The highest BCUT2D eigenvalue weighted by atomic mass is 32.2. The lowest BCUT2D eigenvalue weighted by atomic mass is 9.93. The van der Waals surface area contributed by atoms with Crippen molar-refractivity contribution in [2.24, 2.45) is 5.92 Å². The van der Waals surface area contributed by atoms with E-state index in [1.54, 1.807) is 8.61 Å². The predicted octanol–water partition coefficient (Wildman–Crippen LogP) is 1.93. The molecule has 0 radical (unpaired) electrons. The zero-order chi connectivity index (χ0) is 15.9. The number of hydrogen-bond donors (Lipinski definition) is 1. The molecule has 0 unspecified atom stereocenters. The fourth-order valence-corrected chi connectivity index (χ4v) is 4.59. The largest absolute Gasteiger partial charge is 0.481 e. The second-order valence-corrected chi connectivity index (χ2v) is 7.61. The van der Waals surface area contributed by atoms with E-state index in [1.807, 2.05) is 13.8 Å². The van der Waals surface area contributed by atoms with Gasteiger partial charge in [-0.3, -0.25) is 4.79 Å².